The van der Waals surface area contributed by atoms with Crippen LogP contribution in [0.2, 0.25) is 0 Å². The van der Waals surface area contributed by atoms with E-state index in [9.17, 15) is 24.3 Å². The van der Waals surface area contributed by atoms with E-state index in [1.165, 1.54) is 23.5 Å². The SMILES string of the molecule is COc1ccc([C@H]2c3sc(=O)[nH]c3SC3C4CC(C5C(=O)N(CC(=O)Nc6ccc(O)cc6)C(=O)C45)C32)cc1OC. The highest BCUT2D eigenvalue weighted by Crippen LogP contribution is 2.68. The average molecular weight is 594 g/mol. The van der Waals surface area contributed by atoms with Gasteiger partial charge in [-0.1, -0.05) is 17.4 Å². The summed E-state index contributed by atoms with van der Waals surface area (Å²) in [6.07, 6.45) is 0.756. The van der Waals surface area contributed by atoms with Gasteiger partial charge in [0, 0.05) is 21.7 Å². The number of ether oxygens (including phenoxy) is 2. The maximum Gasteiger partial charge on any atom is 0.305 e. The van der Waals surface area contributed by atoms with E-state index in [2.05, 4.69) is 10.3 Å². The molecule has 3 N–H and O–H groups in total. The number of carbonyl (C=O) groups is 3. The molecule has 7 atom stereocenters. The Hall–Kier alpha value is -3.77. The van der Waals surface area contributed by atoms with Gasteiger partial charge in [-0.15, -0.1) is 11.8 Å². The Labute approximate surface area is 243 Å². The number of thioether (sulfide) groups is 1. The number of H-pyrrole nitrogens is 1. The number of benzene rings is 2. The normalized spacial score (nSPS) is 29.2. The summed E-state index contributed by atoms with van der Waals surface area (Å²) < 4.78 is 11.0. The first-order valence-corrected chi connectivity index (χ1v) is 15.0. The third-order valence-corrected chi connectivity index (χ3v) is 11.6. The number of aromatic hydroxyl groups is 1. The van der Waals surface area contributed by atoms with Gasteiger partial charge in [-0.05, 0) is 66.1 Å². The van der Waals surface area contributed by atoms with Gasteiger partial charge >= 0.3 is 4.87 Å². The molecule has 10 nitrogen and oxygen atoms in total. The molecule has 2 aromatic carbocycles. The number of fused-ring (bicyclic) bond motifs is 9. The van der Waals surface area contributed by atoms with Gasteiger partial charge in [0.05, 0.1) is 31.1 Å². The molecule has 4 aliphatic rings. The number of phenolic OH excluding ortho intramolecular Hbond substituents is 1. The Morgan fingerprint density at radius 1 is 1.02 bits per heavy atom. The maximum absolute atomic E-state index is 13.8. The van der Waals surface area contributed by atoms with Crippen LogP contribution in [-0.2, 0) is 14.4 Å². The Morgan fingerprint density at radius 2 is 1.73 bits per heavy atom. The van der Waals surface area contributed by atoms with Crippen LogP contribution in [0.5, 0.6) is 17.2 Å². The number of phenols is 1. The first-order chi connectivity index (χ1) is 19.8. The minimum Gasteiger partial charge on any atom is -0.508 e. The predicted molar refractivity (Wildman–Crippen MR) is 151 cm³/mol. The van der Waals surface area contributed by atoms with Gasteiger partial charge in [0.1, 0.15) is 12.3 Å². The van der Waals surface area contributed by atoms with Crippen molar-refractivity contribution in [1.82, 2.24) is 9.88 Å². The molecule has 0 spiro atoms. The Balaban J connectivity index is 1.20. The largest absolute Gasteiger partial charge is 0.508 e. The number of likely N-dealkylation sites (tertiary alicyclic amines) is 1. The summed E-state index contributed by atoms with van der Waals surface area (Å²) in [5, 5.41) is 13.0. The van der Waals surface area contributed by atoms with Gasteiger partial charge in [0.2, 0.25) is 17.7 Å². The zero-order chi connectivity index (χ0) is 28.6. The summed E-state index contributed by atoms with van der Waals surface area (Å²) in [6, 6.07) is 11.8. The fraction of sp³-hybridized carbons (Fsp3) is 0.379. The summed E-state index contributed by atoms with van der Waals surface area (Å²) in [4.78, 5) is 57.7. The van der Waals surface area contributed by atoms with Crippen LogP contribution in [0.1, 0.15) is 22.8 Å². The summed E-state index contributed by atoms with van der Waals surface area (Å²) in [7, 11) is 3.16. The van der Waals surface area contributed by atoms with Crippen LogP contribution in [0.25, 0.3) is 0 Å². The van der Waals surface area contributed by atoms with E-state index >= 15 is 0 Å². The highest BCUT2D eigenvalue weighted by atomic mass is 32.2. The van der Waals surface area contributed by atoms with Crippen molar-refractivity contribution in [2.75, 3.05) is 26.1 Å². The molecule has 7 rings (SSSR count). The number of aromatic amines is 1. The Kier molecular flexibility index (Phi) is 6.16. The molecule has 2 aliphatic carbocycles. The minimum atomic E-state index is -0.490. The number of methoxy groups -OCH3 is 2. The third kappa shape index (κ3) is 3.98. The van der Waals surface area contributed by atoms with Crippen LogP contribution in [0.3, 0.4) is 0 Å². The van der Waals surface area contributed by atoms with Crippen LogP contribution in [0.15, 0.2) is 52.3 Å². The number of anilines is 1. The number of aromatic nitrogens is 1. The van der Waals surface area contributed by atoms with E-state index < -0.39 is 17.7 Å². The van der Waals surface area contributed by atoms with Gasteiger partial charge in [-0.25, -0.2) is 0 Å². The lowest BCUT2D eigenvalue weighted by Crippen LogP contribution is -2.42. The quantitative estimate of drug-likeness (QED) is 0.293. The standard InChI is InChI=1S/C29H27N3O7S2/c1-38-17-8-3-12(9-18(17)39-2)20-21-15-10-16(24(21)40-26-25(20)41-29(37)31-26)23-22(15)27(35)32(28(23)36)11-19(34)30-13-4-6-14(33)7-5-13/h3-9,15-16,20-24,33H,10-11H2,1-2H3,(H,30,34)(H,31,37)/t15?,16?,20-,21?,22?,23?,24?/m1/s1. The smallest absolute Gasteiger partial charge is 0.305 e. The van der Waals surface area contributed by atoms with E-state index in [1.807, 2.05) is 18.2 Å². The van der Waals surface area contributed by atoms with Crippen molar-refractivity contribution in [1.29, 1.82) is 0 Å². The molecule has 2 aliphatic heterocycles. The van der Waals surface area contributed by atoms with Gasteiger partial charge in [-0.2, -0.15) is 0 Å². The van der Waals surface area contributed by atoms with Gasteiger partial charge in [-0.3, -0.25) is 24.1 Å². The minimum absolute atomic E-state index is 0.0332. The second kappa shape index (κ2) is 9.66. The molecule has 6 unspecified atom stereocenters. The van der Waals surface area contributed by atoms with Gasteiger partial charge < -0.3 is 24.9 Å². The van der Waals surface area contributed by atoms with E-state index in [1.54, 1.807) is 38.1 Å². The van der Waals surface area contributed by atoms with Crippen molar-refractivity contribution in [2.45, 2.75) is 22.6 Å². The Morgan fingerprint density at radius 3 is 2.44 bits per heavy atom. The predicted octanol–water partition coefficient (Wildman–Crippen LogP) is 3.27. The first kappa shape index (κ1) is 26.1. The van der Waals surface area contributed by atoms with E-state index in [-0.39, 0.29) is 57.9 Å². The van der Waals surface area contributed by atoms with Crippen molar-refractivity contribution < 1.29 is 29.0 Å². The van der Waals surface area contributed by atoms with E-state index in [0.717, 1.165) is 26.8 Å². The number of carbonyl (C=O) groups excluding carboxylic acids is 3. The lowest BCUT2D eigenvalue weighted by molar-refractivity contribution is -0.143. The molecule has 2 bridgehead atoms. The molecule has 3 heterocycles. The number of nitrogens with zero attached hydrogens (tertiary/aromatic N) is 1. The molecule has 3 amide bonds. The third-order valence-electron chi connectivity index (χ3n) is 9.03. The fourth-order valence-electron chi connectivity index (χ4n) is 7.54. The Bertz CT molecular complexity index is 1630. The molecule has 12 heteroatoms. The average Bonchev–Trinajstić information content (AvgIpc) is 3.70. The van der Waals surface area contributed by atoms with Gasteiger partial charge in [0.15, 0.2) is 11.5 Å². The summed E-state index contributed by atoms with van der Waals surface area (Å²) in [5.74, 6) is -0.980. The highest BCUT2D eigenvalue weighted by Gasteiger charge is 2.69. The van der Waals surface area contributed by atoms with Crippen molar-refractivity contribution in [3.05, 3.63) is 62.6 Å². The van der Waals surface area contributed by atoms with Crippen LogP contribution in [0.4, 0.5) is 5.69 Å². The molecule has 1 aromatic heterocycles. The van der Waals surface area contributed by atoms with Crippen molar-refractivity contribution in [2.24, 2.45) is 29.6 Å². The van der Waals surface area contributed by atoms with E-state index in [4.69, 9.17) is 9.47 Å². The zero-order valence-electron chi connectivity index (χ0n) is 22.2. The summed E-state index contributed by atoms with van der Waals surface area (Å²) in [6.45, 7) is -0.354. The molecule has 3 fully saturated rings. The molecular formula is C29H27N3O7S2. The topological polar surface area (TPSA) is 138 Å². The number of hydrogen-bond acceptors (Lipinski definition) is 9. The van der Waals surface area contributed by atoms with Crippen LogP contribution < -0.4 is 19.7 Å². The molecule has 2 saturated carbocycles. The van der Waals surface area contributed by atoms with Crippen molar-refractivity contribution in [3.8, 4) is 17.2 Å². The fourth-order valence-corrected chi connectivity index (χ4v) is 10.4. The molecule has 212 valence electrons. The molecule has 0 radical (unpaired) electrons. The maximum atomic E-state index is 13.8. The highest BCUT2D eigenvalue weighted by molar-refractivity contribution is 8.00. The summed E-state index contributed by atoms with van der Waals surface area (Å²) in [5.41, 5.74) is 1.44. The van der Waals surface area contributed by atoms with Crippen molar-refractivity contribution >= 4 is 46.5 Å². The van der Waals surface area contributed by atoms with Crippen LogP contribution in [0, 0.1) is 29.6 Å². The molecule has 41 heavy (non-hydrogen) atoms. The summed E-state index contributed by atoms with van der Waals surface area (Å²) >= 11 is 2.81. The molecule has 3 aromatic rings. The number of thiazole rings is 1. The second-order valence-electron chi connectivity index (χ2n) is 10.9. The number of nitrogens with one attached hydrogen (secondary N) is 2. The number of rotatable bonds is 6. The molecular weight excluding hydrogens is 566 g/mol. The van der Waals surface area contributed by atoms with Gasteiger partial charge in [0.25, 0.3) is 0 Å². The second-order valence-corrected chi connectivity index (χ2v) is 13.1. The lowest BCUT2D eigenvalue weighted by atomic mass is 9.68. The monoisotopic (exact) mass is 593 g/mol. The number of imide groups is 1. The lowest BCUT2D eigenvalue weighted by Gasteiger charge is -2.43. The molecule has 1 saturated heterocycles. The van der Waals surface area contributed by atoms with E-state index in [0.29, 0.717) is 17.2 Å². The zero-order valence-corrected chi connectivity index (χ0v) is 23.8. The van der Waals surface area contributed by atoms with Crippen LogP contribution in [-0.4, -0.2) is 58.7 Å². The first-order valence-electron chi connectivity index (χ1n) is 13.3. The van der Waals surface area contributed by atoms with Crippen LogP contribution >= 0.6 is 23.1 Å². The van der Waals surface area contributed by atoms with Crippen molar-refractivity contribution in [3.63, 3.8) is 0 Å². The number of hydrogen-bond donors (Lipinski definition) is 3. The number of amides is 3.